The number of hydrogen-bond donors (Lipinski definition) is 1. The number of halogens is 1. The van der Waals surface area contributed by atoms with Crippen molar-refractivity contribution in [2.24, 2.45) is 0 Å². The third-order valence-corrected chi connectivity index (χ3v) is 4.68. The van der Waals surface area contributed by atoms with Crippen LogP contribution >= 0.6 is 15.9 Å². The molecule has 0 bridgehead atoms. The highest BCUT2D eigenvalue weighted by Gasteiger charge is 2.52. The Labute approximate surface area is 135 Å². The Bertz CT molecular complexity index is 634. The van der Waals surface area contributed by atoms with E-state index in [-0.39, 0.29) is 23.6 Å². The number of likely N-dealkylation sites (tertiary alicyclic amines) is 1. The lowest BCUT2D eigenvalue weighted by molar-refractivity contribution is -0.132. The second-order valence-corrected chi connectivity index (χ2v) is 6.24. The molecule has 0 atom stereocenters. The number of urea groups is 1. The number of piperidine rings is 1. The number of furan rings is 1. The van der Waals surface area contributed by atoms with Gasteiger partial charge in [0, 0.05) is 19.6 Å². The van der Waals surface area contributed by atoms with Crippen molar-refractivity contribution >= 4 is 33.8 Å². The molecule has 0 aromatic carbocycles. The standard InChI is InChI=1S/C14H16BrN3O4/c1-2-18-12(20)14(16-13(18)21)5-7-17(8-6-14)11(19)9-3-4-10(15)22-9/h3-4H,2,5-8H2,1H3,(H,16,21). The molecule has 118 valence electrons. The van der Waals surface area contributed by atoms with Gasteiger partial charge in [0.25, 0.3) is 11.8 Å². The Kier molecular flexibility index (Phi) is 3.72. The summed E-state index contributed by atoms with van der Waals surface area (Å²) in [5, 5.41) is 2.79. The fourth-order valence-electron chi connectivity index (χ4n) is 2.98. The molecule has 1 N–H and O–H groups in total. The SMILES string of the molecule is CCN1C(=O)NC2(CCN(C(=O)c3ccc(Br)o3)CC2)C1=O. The predicted molar refractivity (Wildman–Crippen MR) is 80.2 cm³/mol. The van der Waals surface area contributed by atoms with E-state index >= 15 is 0 Å². The number of nitrogens with one attached hydrogen (secondary N) is 1. The van der Waals surface area contributed by atoms with E-state index in [2.05, 4.69) is 21.2 Å². The number of likely N-dealkylation sites (N-methyl/N-ethyl adjacent to an activating group) is 1. The maximum absolute atomic E-state index is 12.4. The number of nitrogens with zero attached hydrogens (tertiary/aromatic N) is 2. The molecular formula is C14H16BrN3O4. The first-order valence-corrected chi connectivity index (χ1v) is 7.95. The van der Waals surface area contributed by atoms with E-state index in [1.807, 2.05) is 0 Å². The summed E-state index contributed by atoms with van der Waals surface area (Å²) in [6.45, 7) is 2.93. The van der Waals surface area contributed by atoms with Crippen molar-refractivity contribution in [2.45, 2.75) is 25.3 Å². The van der Waals surface area contributed by atoms with Crippen LogP contribution in [0.25, 0.3) is 0 Å². The van der Waals surface area contributed by atoms with Crippen LogP contribution in [-0.2, 0) is 4.79 Å². The molecule has 2 aliphatic heterocycles. The van der Waals surface area contributed by atoms with Gasteiger partial charge in [-0.25, -0.2) is 4.79 Å². The van der Waals surface area contributed by atoms with Gasteiger partial charge in [-0.1, -0.05) is 0 Å². The molecule has 0 radical (unpaired) electrons. The second kappa shape index (κ2) is 5.42. The van der Waals surface area contributed by atoms with Crippen LogP contribution in [0, 0.1) is 0 Å². The average molecular weight is 370 g/mol. The van der Waals surface area contributed by atoms with E-state index in [1.54, 1.807) is 24.0 Å². The van der Waals surface area contributed by atoms with Gasteiger partial charge in [-0.15, -0.1) is 0 Å². The first-order chi connectivity index (χ1) is 10.5. The van der Waals surface area contributed by atoms with Crippen LogP contribution in [0.5, 0.6) is 0 Å². The van der Waals surface area contributed by atoms with E-state index in [0.29, 0.717) is 37.1 Å². The van der Waals surface area contributed by atoms with Crippen molar-refractivity contribution in [3.8, 4) is 0 Å². The molecule has 2 saturated heterocycles. The largest absolute Gasteiger partial charge is 0.444 e. The Morgan fingerprint density at radius 2 is 2.05 bits per heavy atom. The van der Waals surface area contributed by atoms with Crippen molar-refractivity contribution in [1.29, 1.82) is 0 Å². The smallest absolute Gasteiger partial charge is 0.325 e. The number of rotatable bonds is 2. The van der Waals surface area contributed by atoms with Crippen LogP contribution in [0.15, 0.2) is 21.2 Å². The van der Waals surface area contributed by atoms with Gasteiger partial charge < -0.3 is 14.6 Å². The summed E-state index contributed by atoms with van der Waals surface area (Å²) in [5.41, 5.74) is -0.854. The second-order valence-electron chi connectivity index (χ2n) is 5.46. The van der Waals surface area contributed by atoms with E-state index < -0.39 is 5.54 Å². The lowest BCUT2D eigenvalue weighted by atomic mass is 9.87. The van der Waals surface area contributed by atoms with Crippen molar-refractivity contribution in [2.75, 3.05) is 19.6 Å². The van der Waals surface area contributed by atoms with E-state index in [1.165, 1.54) is 4.90 Å². The zero-order valence-corrected chi connectivity index (χ0v) is 13.7. The summed E-state index contributed by atoms with van der Waals surface area (Å²) < 4.78 is 5.77. The number of hydrogen-bond acceptors (Lipinski definition) is 4. The molecule has 0 aliphatic carbocycles. The summed E-state index contributed by atoms with van der Waals surface area (Å²) in [5.74, 6) is -0.127. The van der Waals surface area contributed by atoms with Crippen molar-refractivity contribution in [3.05, 3.63) is 22.6 Å². The van der Waals surface area contributed by atoms with Gasteiger partial charge in [-0.3, -0.25) is 14.5 Å². The molecule has 1 spiro atoms. The third-order valence-electron chi connectivity index (χ3n) is 4.25. The maximum Gasteiger partial charge on any atom is 0.325 e. The van der Waals surface area contributed by atoms with E-state index in [9.17, 15) is 14.4 Å². The highest BCUT2D eigenvalue weighted by atomic mass is 79.9. The normalized spacial score (nSPS) is 20.6. The Balaban J connectivity index is 1.69. The molecule has 2 fully saturated rings. The molecule has 1 aromatic heterocycles. The summed E-state index contributed by atoms with van der Waals surface area (Å²) in [7, 11) is 0. The van der Waals surface area contributed by atoms with Gasteiger partial charge in [-0.05, 0) is 47.8 Å². The monoisotopic (exact) mass is 369 g/mol. The lowest BCUT2D eigenvalue weighted by Gasteiger charge is -2.36. The molecule has 8 heteroatoms. The van der Waals surface area contributed by atoms with Crippen LogP contribution < -0.4 is 5.32 Å². The zero-order valence-electron chi connectivity index (χ0n) is 12.1. The molecule has 1 aromatic rings. The minimum absolute atomic E-state index is 0.187. The fraction of sp³-hybridized carbons (Fsp3) is 0.500. The first kappa shape index (κ1) is 15.1. The first-order valence-electron chi connectivity index (χ1n) is 7.15. The third kappa shape index (κ3) is 2.31. The Morgan fingerprint density at radius 3 is 2.55 bits per heavy atom. The van der Waals surface area contributed by atoms with Gasteiger partial charge in [0.15, 0.2) is 10.4 Å². The topological polar surface area (TPSA) is 82.9 Å². The molecule has 2 aliphatic rings. The zero-order chi connectivity index (χ0) is 15.9. The molecular weight excluding hydrogens is 354 g/mol. The lowest BCUT2D eigenvalue weighted by Crippen LogP contribution is -2.55. The molecule has 3 heterocycles. The highest BCUT2D eigenvalue weighted by Crippen LogP contribution is 2.30. The molecule has 7 nitrogen and oxygen atoms in total. The van der Waals surface area contributed by atoms with Crippen molar-refractivity contribution in [1.82, 2.24) is 15.1 Å². The van der Waals surface area contributed by atoms with Crippen LogP contribution in [0.3, 0.4) is 0 Å². The summed E-state index contributed by atoms with van der Waals surface area (Å²) in [4.78, 5) is 39.4. The summed E-state index contributed by atoms with van der Waals surface area (Å²) in [6.07, 6.45) is 0.837. The minimum atomic E-state index is -0.854. The Morgan fingerprint density at radius 1 is 1.36 bits per heavy atom. The summed E-state index contributed by atoms with van der Waals surface area (Å²) in [6, 6.07) is 2.93. The van der Waals surface area contributed by atoms with Gasteiger partial charge >= 0.3 is 6.03 Å². The predicted octanol–water partition coefficient (Wildman–Crippen LogP) is 1.59. The highest BCUT2D eigenvalue weighted by molar-refractivity contribution is 9.10. The van der Waals surface area contributed by atoms with Gasteiger partial charge in [0.05, 0.1) is 0 Å². The number of carbonyl (C=O) groups is 3. The van der Waals surface area contributed by atoms with E-state index in [0.717, 1.165) is 0 Å². The van der Waals surface area contributed by atoms with Crippen LogP contribution in [0.1, 0.15) is 30.3 Å². The molecule has 0 unspecified atom stereocenters. The number of amides is 4. The molecule has 4 amide bonds. The van der Waals surface area contributed by atoms with Crippen LogP contribution in [0.2, 0.25) is 0 Å². The average Bonchev–Trinajstić information content (AvgIpc) is 3.02. The number of imide groups is 1. The van der Waals surface area contributed by atoms with E-state index in [4.69, 9.17) is 4.42 Å². The van der Waals surface area contributed by atoms with Crippen LogP contribution in [0.4, 0.5) is 4.79 Å². The van der Waals surface area contributed by atoms with Crippen molar-refractivity contribution < 1.29 is 18.8 Å². The van der Waals surface area contributed by atoms with Gasteiger partial charge in [0.2, 0.25) is 0 Å². The van der Waals surface area contributed by atoms with Crippen molar-refractivity contribution in [3.63, 3.8) is 0 Å². The Hall–Kier alpha value is -1.83. The van der Waals surface area contributed by atoms with Gasteiger partial charge in [0.1, 0.15) is 5.54 Å². The summed E-state index contributed by atoms with van der Waals surface area (Å²) >= 11 is 3.17. The minimum Gasteiger partial charge on any atom is -0.444 e. The fourth-order valence-corrected chi connectivity index (χ4v) is 3.29. The maximum atomic E-state index is 12.4. The molecule has 3 rings (SSSR count). The quantitative estimate of drug-likeness (QED) is 0.802. The number of carbonyl (C=O) groups excluding carboxylic acids is 3. The molecule has 0 saturated carbocycles. The van der Waals surface area contributed by atoms with Gasteiger partial charge in [-0.2, -0.15) is 0 Å². The van der Waals surface area contributed by atoms with Crippen LogP contribution in [-0.4, -0.2) is 52.8 Å². The molecule has 22 heavy (non-hydrogen) atoms.